The van der Waals surface area contributed by atoms with Crippen molar-refractivity contribution < 1.29 is 19.2 Å². The molecule has 7 nitrogen and oxygen atoms in total. The molecule has 0 spiro atoms. The number of carbonyl (C=O) groups is 1. The number of hydrogen-bond donors (Lipinski definition) is 1. The van der Waals surface area contributed by atoms with E-state index in [1.807, 2.05) is 0 Å². The lowest BCUT2D eigenvalue weighted by molar-refractivity contribution is -0.384. The van der Waals surface area contributed by atoms with Crippen LogP contribution in [0.25, 0.3) is 0 Å². The highest BCUT2D eigenvalue weighted by atomic mass is 16.6. The van der Waals surface area contributed by atoms with Gasteiger partial charge in [-0.1, -0.05) is 0 Å². The van der Waals surface area contributed by atoms with Crippen molar-refractivity contribution in [3.63, 3.8) is 0 Å². The summed E-state index contributed by atoms with van der Waals surface area (Å²) in [5.74, 6) is 1.10. The zero-order valence-corrected chi connectivity index (χ0v) is 13.1. The average Bonchev–Trinajstić information content (AvgIpc) is 2.59. The summed E-state index contributed by atoms with van der Waals surface area (Å²) in [6.07, 6.45) is 0. The van der Waals surface area contributed by atoms with Crippen LogP contribution in [0.1, 0.15) is 15.9 Å². The van der Waals surface area contributed by atoms with Gasteiger partial charge in [-0.3, -0.25) is 14.9 Å². The number of nitrogens with zero attached hydrogens (tertiary/aromatic N) is 1. The van der Waals surface area contributed by atoms with Crippen LogP contribution in [0.2, 0.25) is 0 Å². The number of nitrogens with one attached hydrogen (secondary N) is 1. The Labute approximate surface area is 138 Å². The fraction of sp³-hybridized carbons (Fsp3) is 0.235. The maximum absolute atomic E-state index is 12.3. The van der Waals surface area contributed by atoms with E-state index in [1.54, 1.807) is 31.2 Å². The predicted octanol–water partition coefficient (Wildman–Crippen LogP) is 2.97. The first-order chi connectivity index (χ1) is 11.5. The van der Waals surface area contributed by atoms with Gasteiger partial charge in [-0.2, -0.15) is 0 Å². The number of hydrogen-bond acceptors (Lipinski definition) is 6. The van der Waals surface area contributed by atoms with Crippen molar-refractivity contribution in [2.24, 2.45) is 0 Å². The van der Waals surface area contributed by atoms with Gasteiger partial charge in [0.2, 0.25) is 0 Å². The molecule has 1 N–H and O–H groups in total. The molecule has 0 saturated carbocycles. The average molecular weight is 328 g/mol. The van der Waals surface area contributed by atoms with Crippen LogP contribution < -0.4 is 14.8 Å². The quantitative estimate of drug-likeness (QED) is 0.515. The van der Waals surface area contributed by atoms with Crippen LogP contribution in [0.3, 0.4) is 0 Å². The number of ether oxygens (including phenoxy) is 2. The van der Waals surface area contributed by atoms with Crippen molar-refractivity contribution in [2.45, 2.75) is 6.92 Å². The molecule has 7 heteroatoms. The van der Waals surface area contributed by atoms with Crippen LogP contribution in [-0.4, -0.2) is 30.5 Å². The minimum Gasteiger partial charge on any atom is -0.486 e. The number of carbonyl (C=O) groups excluding carboxylic acids is 1. The van der Waals surface area contributed by atoms with Crippen molar-refractivity contribution in [1.82, 2.24) is 0 Å². The number of nitro groups is 1. The molecular weight excluding hydrogens is 312 g/mol. The summed E-state index contributed by atoms with van der Waals surface area (Å²) in [6, 6.07) is 9.56. The van der Waals surface area contributed by atoms with E-state index < -0.39 is 4.92 Å². The number of benzene rings is 2. The Morgan fingerprint density at radius 1 is 1.17 bits per heavy atom. The summed E-state index contributed by atoms with van der Waals surface area (Å²) in [5.41, 5.74) is 1.94. The number of ketones is 1. The first-order valence-corrected chi connectivity index (χ1v) is 7.46. The van der Waals surface area contributed by atoms with Crippen LogP contribution in [0.15, 0.2) is 36.4 Å². The zero-order chi connectivity index (χ0) is 17.1. The van der Waals surface area contributed by atoms with E-state index in [1.165, 1.54) is 12.1 Å². The molecule has 24 heavy (non-hydrogen) atoms. The van der Waals surface area contributed by atoms with Crippen LogP contribution in [0.4, 0.5) is 11.4 Å². The summed E-state index contributed by atoms with van der Waals surface area (Å²) in [7, 11) is 0. The minimum atomic E-state index is -0.447. The van der Waals surface area contributed by atoms with Crippen LogP contribution in [0, 0.1) is 17.0 Å². The van der Waals surface area contributed by atoms with Crippen molar-refractivity contribution in [3.05, 3.63) is 57.6 Å². The molecule has 3 rings (SSSR count). The van der Waals surface area contributed by atoms with Crippen LogP contribution >= 0.6 is 0 Å². The molecule has 0 amide bonds. The molecule has 1 heterocycles. The molecule has 0 aliphatic carbocycles. The highest BCUT2D eigenvalue weighted by Crippen LogP contribution is 2.31. The summed E-state index contributed by atoms with van der Waals surface area (Å²) in [6.45, 7) is 2.80. The van der Waals surface area contributed by atoms with Gasteiger partial charge < -0.3 is 14.8 Å². The monoisotopic (exact) mass is 328 g/mol. The Morgan fingerprint density at radius 2 is 1.92 bits per heavy atom. The molecule has 1 aliphatic heterocycles. The summed E-state index contributed by atoms with van der Waals surface area (Å²) in [5, 5.41) is 13.8. The second-order valence-corrected chi connectivity index (χ2v) is 5.39. The minimum absolute atomic E-state index is 0.0243. The Bertz CT molecular complexity index is 804. The number of rotatable bonds is 5. The third kappa shape index (κ3) is 3.29. The van der Waals surface area contributed by atoms with Gasteiger partial charge >= 0.3 is 0 Å². The first kappa shape index (κ1) is 15.8. The van der Waals surface area contributed by atoms with E-state index in [-0.39, 0.29) is 18.0 Å². The SMILES string of the molecule is Cc1cc([N+](=O)[O-])ccc1NCC(=O)c1ccc2c(c1)OCCO2. The largest absolute Gasteiger partial charge is 0.486 e. The third-order valence-electron chi connectivity index (χ3n) is 3.72. The van der Waals surface area contributed by atoms with E-state index in [4.69, 9.17) is 9.47 Å². The van der Waals surface area contributed by atoms with Gasteiger partial charge in [0.15, 0.2) is 17.3 Å². The van der Waals surface area contributed by atoms with E-state index in [0.29, 0.717) is 41.5 Å². The number of non-ortho nitro benzene ring substituents is 1. The Kier molecular flexibility index (Phi) is 4.33. The van der Waals surface area contributed by atoms with Gasteiger partial charge in [0.05, 0.1) is 11.5 Å². The van der Waals surface area contributed by atoms with Gasteiger partial charge in [0.25, 0.3) is 5.69 Å². The van der Waals surface area contributed by atoms with Crippen LogP contribution in [0.5, 0.6) is 11.5 Å². The van der Waals surface area contributed by atoms with E-state index in [9.17, 15) is 14.9 Å². The smallest absolute Gasteiger partial charge is 0.269 e. The second kappa shape index (κ2) is 6.57. The third-order valence-corrected chi connectivity index (χ3v) is 3.72. The fourth-order valence-corrected chi connectivity index (χ4v) is 2.45. The van der Waals surface area contributed by atoms with Crippen molar-refractivity contribution in [3.8, 4) is 11.5 Å². The molecular formula is C17H16N2O5. The Hall–Kier alpha value is -3.09. The van der Waals surface area contributed by atoms with Gasteiger partial charge in [-0.25, -0.2) is 0 Å². The number of Topliss-reactive ketones (excluding diaryl/α,β-unsaturated/α-hetero) is 1. The Balaban J connectivity index is 1.68. The van der Waals surface area contributed by atoms with Gasteiger partial charge in [-0.15, -0.1) is 0 Å². The lowest BCUT2D eigenvalue weighted by Gasteiger charge is -2.18. The summed E-state index contributed by atoms with van der Waals surface area (Å²) >= 11 is 0. The number of nitro benzene ring substituents is 1. The molecule has 0 saturated heterocycles. The maximum atomic E-state index is 12.3. The topological polar surface area (TPSA) is 90.7 Å². The van der Waals surface area contributed by atoms with E-state index >= 15 is 0 Å². The van der Waals surface area contributed by atoms with Gasteiger partial charge in [-0.05, 0) is 36.8 Å². The number of anilines is 1. The molecule has 2 aromatic carbocycles. The molecule has 0 fully saturated rings. The summed E-state index contributed by atoms with van der Waals surface area (Å²) < 4.78 is 10.9. The molecule has 0 aromatic heterocycles. The lowest BCUT2D eigenvalue weighted by Crippen LogP contribution is -2.17. The van der Waals surface area contributed by atoms with Gasteiger partial charge in [0, 0.05) is 23.4 Å². The van der Waals surface area contributed by atoms with E-state index in [0.717, 1.165) is 0 Å². The second-order valence-electron chi connectivity index (χ2n) is 5.39. The molecule has 0 radical (unpaired) electrons. The molecule has 124 valence electrons. The van der Waals surface area contributed by atoms with E-state index in [2.05, 4.69) is 5.32 Å². The van der Waals surface area contributed by atoms with Crippen molar-refractivity contribution in [2.75, 3.05) is 25.1 Å². The normalized spacial score (nSPS) is 12.5. The molecule has 0 bridgehead atoms. The van der Waals surface area contributed by atoms with Crippen LogP contribution in [-0.2, 0) is 0 Å². The molecule has 0 atom stereocenters. The molecule has 0 unspecified atom stereocenters. The predicted molar refractivity (Wildman–Crippen MR) is 88.1 cm³/mol. The maximum Gasteiger partial charge on any atom is 0.269 e. The highest BCUT2D eigenvalue weighted by Gasteiger charge is 2.15. The Morgan fingerprint density at radius 3 is 2.62 bits per heavy atom. The standard InChI is InChI=1S/C17H16N2O5/c1-11-8-13(19(21)22)3-4-14(11)18-10-15(20)12-2-5-16-17(9-12)24-7-6-23-16/h2-5,8-9,18H,6-7,10H2,1H3. The fourth-order valence-electron chi connectivity index (χ4n) is 2.45. The molecule has 2 aromatic rings. The number of aryl methyl sites for hydroxylation is 1. The van der Waals surface area contributed by atoms with Crippen molar-refractivity contribution >= 4 is 17.2 Å². The lowest BCUT2D eigenvalue weighted by atomic mass is 10.1. The highest BCUT2D eigenvalue weighted by molar-refractivity contribution is 5.99. The zero-order valence-electron chi connectivity index (χ0n) is 13.1. The molecule has 1 aliphatic rings. The van der Waals surface area contributed by atoms with Gasteiger partial charge in [0.1, 0.15) is 13.2 Å². The number of fused-ring (bicyclic) bond motifs is 1. The first-order valence-electron chi connectivity index (χ1n) is 7.46. The summed E-state index contributed by atoms with van der Waals surface area (Å²) in [4.78, 5) is 22.6. The van der Waals surface area contributed by atoms with Crippen molar-refractivity contribution in [1.29, 1.82) is 0 Å².